The summed E-state index contributed by atoms with van der Waals surface area (Å²) >= 11 is 0. The first kappa shape index (κ1) is 23.7. The maximum absolute atomic E-state index is 12.0. The summed E-state index contributed by atoms with van der Waals surface area (Å²) in [5.74, 6) is -3.21. The van der Waals surface area contributed by atoms with Crippen molar-refractivity contribution in [1.29, 1.82) is 0 Å². The van der Waals surface area contributed by atoms with Crippen LogP contribution in [-0.4, -0.2) is 91.0 Å². The third kappa shape index (κ3) is 4.63. The molecule has 3 rings (SSSR count). The fourth-order valence-electron chi connectivity index (χ4n) is 3.23. The molecule has 2 heterocycles. The second kappa shape index (κ2) is 10.1. The van der Waals surface area contributed by atoms with Crippen LogP contribution in [0.2, 0.25) is 0 Å². The predicted octanol–water partition coefficient (Wildman–Crippen LogP) is -2.66. The fraction of sp³-hybridized carbons (Fsp3) is 0.444. The summed E-state index contributed by atoms with van der Waals surface area (Å²) in [7, 11) is 2.38. The minimum Gasteiger partial charge on any atom is -0.467 e. The first-order valence-corrected chi connectivity index (χ1v) is 9.37. The van der Waals surface area contributed by atoms with Crippen LogP contribution in [0.25, 0.3) is 0 Å². The molecule has 14 heteroatoms. The molecule has 0 unspecified atom stereocenters. The van der Waals surface area contributed by atoms with Gasteiger partial charge >= 0.3 is 38.1 Å². The molecule has 0 aromatic heterocycles. The molecule has 12 nitrogen and oxygen atoms in total. The van der Waals surface area contributed by atoms with Crippen LogP contribution in [0.3, 0.4) is 0 Å². The summed E-state index contributed by atoms with van der Waals surface area (Å²) in [6.45, 7) is 0. The molecule has 1 aromatic carbocycles. The Morgan fingerprint density at radius 2 is 0.906 bits per heavy atom. The predicted molar refractivity (Wildman–Crippen MR) is 105 cm³/mol. The number of carbonyl (C=O) groups is 4. The molecule has 2 saturated heterocycles. The zero-order chi connectivity index (χ0) is 23.4. The van der Waals surface area contributed by atoms with E-state index >= 15 is 0 Å². The van der Waals surface area contributed by atoms with Crippen LogP contribution in [0.1, 0.15) is 0 Å². The Morgan fingerprint density at radius 1 is 0.625 bits per heavy atom. The second-order valence-electron chi connectivity index (χ2n) is 6.65. The molecule has 170 valence electrons. The molecular formula is C18H20B2O12. The Balaban J connectivity index is 1.82. The van der Waals surface area contributed by atoms with Gasteiger partial charge in [0.25, 0.3) is 0 Å². The molecule has 0 aliphatic carbocycles. The van der Waals surface area contributed by atoms with E-state index in [1.807, 2.05) is 0 Å². The van der Waals surface area contributed by atoms with E-state index in [4.69, 9.17) is 18.6 Å². The summed E-state index contributed by atoms with van der Waals surface area (Å²) in [5, 5.41) is 0. The Bertz CT molecular complexity index is 777. The summed E-state index contributed by atoms with van der Waals surface area (Å²) in [4.78, 5) is 48.0. The lowest BCUT2D eigenvalue weighted by atomic mass is 9.72. The number of methoxy groups -OCH3 is 4. The monoisotopic (exact) mass is 450 g/mol. The maximum atomic E-state index is 12.0. The summed E-state index contributed by atoms with van der Waals surface area (Å²) in [5.41, 5.74) is 0.817. The standard InChI is InChI=1S/C18H20B2O12/c1-25-15(21)11-12(16(22)26-2)30-19(29-11)9-6-5-7-10(8-9)20-31-13(17(23)27-3)14(32-20)18(24)28-4/h5-8,11-14H,1-4H3/t11-,12-,13+,14+. The van der Waals surface area contributed by atoms with E-state index in [0.717, 1.165) is 28.4 Å². The molecule has 0 saturated carbocycles. The molecule has 0 N–H and O–H groups in total. The van der Waals surface area contributed by atoms with E-state index in [1.165, 1.54) is 0 Å². The van der Waals surface area contributed by atoms with Crippen molar-refractivity contribution in [3.63, 3.8) is 0 Å². The zero-order valence-corrected chi connectivity index (χ0v) is 17.7. The largest absolute Gasteiger partial charge is 0.495 e. The zero-order valence-electron chi connectivity index (χ0n) is 17.7. The van der Waals surface area contributed by atoms with Crippen LogP contribution < -0.4 is 10.9 Å². The minimum absolute atomic E-state index is 0.408. The molecule has 0 bridgehead atoms. The number of hydrogen-bond acceptors (Lipinski definition) is 12. The van der Waals surface area contributed by atoms with Gasteiger partial charge in [-0.05, 0) is 10.9 Å². The van der Waals surface area contributed by atoms with E-state index in [0.29, 0.717) is 10.9 Å². The van der Waals surface area contributed by atoms with Crippen LogP contribution in [0.5, 0.6) is 0 Å². The number of ether oxygens (including phenoxy) is 4. The number of benzene rings is 1. The lowest BCUT2D eigenvalue weighted by Crippen LogP contribution is -2.40. The normalized spacial score (nSPS) is 24.8. The van der Waals surface area contributed by atoms with Crippen molar-refractivity contribution in [3.05, 3.63) is 24.3 Å². The molecule has 0 amide bonds. The molecule has 32 heavy (non-hydrogen) atoms. The van der Waals surface area contributed by atoms with Crippen molar-refractivity contribution >= 4 is 49.0 Å². The molecule has 2 fully saturated rings. The average molecular weight is 450 g/mol. The summed E-state index contributed by atoms with van der Waals surface area (Å²) in [6.07, 6.45) is -5.31. The average Bonchev–Trinajstić information content (AvgIpc) is 3.47. The van der Waals surface area contributed by atoms with E-state index in [-0.39, 0.29) is 0 Å². The molecule has 2 aliphatic heterocycles. The number of rotatable bonds is 6. The van der Waals surface area contributed by atoms with Crippen LogP contribution in [0.15, 0.2) is 24.3 Å². The number of esters is 4. The Kier molecular flexibility index (Phi) is 7.51. The SMILES string of the molecule is COC(=O)[C@H]1OB(c2cccc(B3O[C@@H](C(=O)OC)[C@H](C(=O)OC)O3)c2)O[C@@H]1C(=O)OC. The van der Waals surface area contributed by atoms with Gasteiger partial charge in [-0.2, -0.15) is 0 Å². The highest BCUT2D eigenvalue weighted by Crippen LogP contribution is 2.21. The van der Waals surface area contributed by atoms with Gasteiger partial charge in [-0.25, -0.2) is 19.2 Å². The van der Waals surface area contributed by atoms with E-state index in [9.17, 15) is 19.2 Å². The Hall–Kier alpha value is -2.93. The van der Waals surface area contributed by atoms with Gasteiger partial charge in [-0.1, -0.05) is 24.3 Å². The first-order valence-electron chi connectivity index (χ1n) is 9.37. The first-order chi connectivity index (χ1) is 15.3. The summed E-state index contributed by atoms with van der Waals surface area (Å²) < 4.78 is 41.0. The van der Waals surface area contributed by atoms with Crippen molar-refractivity contribution in [2.45, 2.75) is 24.4 Å². The van der Waals surface area contributed by atoms with Gasteiger partial charge in [0.15, 0.2) is 24.4 Å². The highest BCUT2D eigenvalue weighted by atomic mass is 16.7. The third-order valence-corrected chi connectivity index (χ3v) is 4.82. The third-order valence-electron chi connectivity index (χ3n) is 4.82. The van der Waals surface area contributed by atoms with Gasteiger partial charge in [0.05, 0.1) is 28.4 Å². The van der Waals surface area contributed by atoms with Crippen LogP contribution in [0.4, 0.5) is 0 Å². The molecule has 2 aliphatic rings. The van der Waals surface area contributed by atoms with Crippen molar-refractivity contribution in [2.24, 2.45) is 0 Å². The Labute approximate surface area is 183 Å². The number of carbonyl (C=O) groups excluding carboxylic acids is 4. The van der Waals surface area contributed by atoms with E-state index in [2.05, 4.69) is 18.9 Å². The molecular weight excluding hydrogens is 430 g/mol. The topological polar surface area (TPSA) is 142 Å². The van der Waals surface area contributed by atoms with Gasteiger partial charge < -0.3 is 37.6 Å². The van der Waals surface area contributed by atoms with Gasteiger partial charge in [0, 0.05) is 0 Å². The van der Waals surface area contributed by atoms with E-state index < -0.39 is 62.5 Å². The lowest BCUT2D eigenvalue weighted by Gasteiger charge is -2.13. The summed E-state index contributed by atoms with van der Waals surface area (Å²) in [6, 6.07) is 6.40. The lowest BCUT2D eigenvalue weighted by molar-refractivity contribution is -0.160. The van der Waals surface area contributed by atoms with Crippen molar-refractivity contribution in [2.75, 3.05) is 28.4 Å². The van der Waals surface area contributed by atoms with Crippen molar-refractivity contribution in [3.8, 4) is 0 Å². The van der Waals surface area contributed by atoms with E-state index in [1.54, 1.807) is 24.3 Å². The molecule has 0 spiro atoms. The quantitative estimate of drug-likeness (QED) is 0.254. The van der Waals surface area contributed by atoms with Crippen molar-refractivity contribution in [1.82, 2.24) is 0 Å². The smallest absolute Gasteiger partial charge is 0.467 e. The van der Waals surface area contributed by atoms with Gasteiger partial charge in [0.1, 0.15) is 0 Å². The molecule has 4 atom stereocenters. The van der Waals surface area contributed by atoms with Gasteiger partial charge in [0.2, 0.25) is 0 Å². The highest BCUT2D eigenvalue weighted by Gasteiger charge is 2.51. The van der Waals surface area contributed by atoms with Gasteiger partial charge in [-0.3, -0.25) is 0 Å². The fourth-order valence-corrected chi connectivity index (χ4v) is 3.23. The molecule has 0 radical (unpaired) electrons. The van der Waals surface area contributed by atoms with Crippen LogP contribution >= 0.6 is 0 Å². The van der Waals surface area contributed by atoms with Gasteiger partial charge in [-0.15, -0.1) is 0 Å². The Morgan fingerprint density at radius 3 is 1.16 bits per heavy atom. The number of hydrogen-bond donors (Lipinski definition) is 0. The molecule has 1 aromatic rings. The maximum Gasteiger partial charge on any atom is 0.495 e. The van der Waals surface area contributed by atoms with Crippen LogP contribution in [0, 0.1) is 0 Å². The second-order valence-corrected chi connectivity index (χ2v) is 6.65. The van der Waals surface area contributed by atoms with Crippen molar-refractivity contribution < 1.29 is 56.7 Å². The highest BCUT2D eigenvalue weighted by molar-refractivity contribution is 6.66. The minimum atomic E-state index is -1.33. The van der Waals surface area contributed by atoms with Crippen LogP contribution in [-0.2, 0) is 56.7 Å².